The number of amides is 1. The van der Waals surface area contributed by atoms with Gasteiger partial charge in [0.1, 0.15) is 22.5 Å². The first kappa shape index (κ1) is 21.0. The SMILES string of the molecule is CC(=O)NCc1nc(C(C)C)c(Sc2cc(F)cc(F)c2)n1Cc1cccnc1. The fourth-order valence-corrected chi connectivity index (χ4v) is 4.09. The average Bonchev–Trinajstić information content (AvgIpc) is 2.97. The lowest BCUT2D eigenvalue weighted by molar-refractivity contribution is -0.119. The molecule has 152 valence electrons. The average molecular weight is 416 g/mol. The normalized spacial score (nSPS) is 11.1. The van der Waals surface area contributed by atoms with Crippen LogP contribution in [0.4, 0.5) is 8.78 Å². The van der Waals surface area contributed by atoms with Gasteiger partial charge < -0.3 is 9.88 Å². The van der Waals surface area contributed by atoms with Crippen LogP contribution in [0, 0.1) is 11.6 Å². The monoisotopic (exact) mass is 416 g/mol. The van der Waals surface area contributed by atoms with Gasteiger partial charge in [-0.2, -0.15) is 0 Å². The molecule has 0 atom stereocenters. The Kier molecular flexibility index (Phi) is 6.64. The molecule has 0 radical (unpaired) electrons. The minimum atomic E-state index is -0.629. The van der Waals surface area contributed by atoms with Crippen molar-refractivity contribution in [2.45, 2.75) is 49.7 Å². The zero-order chi connectivity index (χ0) is 21.0. The Bertz CT molecular complexity index is 985. The topological polar surface area (TPSA) is 59.8 Å². The summed E-state index contributed by atoms with van der Waals surface area (Å²) in [5.41, 5.74) is 1.76. The molecular formula is C21H22F2N4OS. The van der Waals surface area contributed by atoms with E-state index < -0.39 is 11.6 Å². The lowest BCUT2D eigenvalue weighted by Crippen LogP contribution is -2.22. The molecule has 3 rings (SSSR count). The highest BCUT2D eigenvalue weighted by molar-refractivity contribution is 7.99. The summed E-state index contributed by atoms with van der Waals surface area (Å²) < 4.78 is 29.4. The van der Waals surface area contributed by atoms with E-state index in [0.717, 1.165) is 22.3 Å². The quantitative estimate of drug-likeness (QED) is 0.615. The third-order valence-corrected chi connectivity index (χ3v) is 5.28. The predicted octanol–water partition coefficient (Wildman–Crippen LogP) is 4.52. The van der Waals surface area contributed by atoms with Crippen LogP contribution in [0.1, 0.15) is 43.8 Å². The van der Waals surface area contributed by atoms with E-state index in [0.29, 0.717) is 17.3 Å². The Labute approximate surface area is 172 Å². The van der Waals surface area contributed by atoms with E-state index in [1.54, 1.807) is 12.4 Å². The van der Waals surface area contributed by atoms with Crippen molar-refractivity contribution in [3.05, 3.63) is 71.4 Å². The summed E-state index contributed by atoms with van der Waals surface area (Å²) in [7, 11) is 0. The van der Waals surface area contributed by atoms with Gasteiger partial charge in [0.05, 0.1) is 18.8 Å². The Balaban J connectivity index is 2.08. The third kappa shape index (κ3) is 5.41. The molecule has 2 aromatic heterocycles. The van der Waals surface area contributed by atoms with Crippen LogP contribution < -0.4 is 5.32 Å². The molecule has 8 heteroatoms. The molecule has 0 fully saturated rings. The number of benzene rings is 1. The number of imidazole rings is 1. The van der Waals surface area contributed by atoms with Gasteiger partial charge in [0.15, 0.2) is 0 Å². The molecule has 0 unspecified atom stereocenters. The van der Waals surface area contributed by atoms with Crippen molar-refractivity contribution in [1.29, 1.82) is 0 Å². The smallest absolute Gasteiger partial charge is 0.217 e. The fourth-order valence-electron chi connectivity index (χ4n) is 2.86. The molecular weight excluding hydrogens is 394 g/mol. The number of hydrogen-bond acceptors (Lipinski definition) is 4. The first-order chi connectivity index (χ1) is 13.8. The van der Waals surface area contributed by atoms with Gasteiger partial charge >= 0.3 is 0 Å². The number of hydrogen-bond donors (Lipinski definition) is 1. The molecule has 0 spiro atoms. The highest BCUT2D eigenvalue weighted by atomic mass is 32.2. The molecule has 0 aliphatic rings. The highest BCUT2D eigenvalue weighted by Crippen LogP contribution is 2.36. The molecule has 2 heterocycles. The van der Waals surface area contributed by atoms with Gasteiger partial charge in [-0.3, -0.25) is 9.78 Å². The molecule has 3 aromatic rings. The number of aromatic nitrogens is 3. The zero-order valence-electron chi connectivity index (χ0n) is 16.4. The molecule has 5 nitrogen and oxygen atoms in total. The van der Waals surface area contributed by atoms with Gasteiger partial charge in [-0.15, -0.1) is 0 Å². The fraction of sp³-hybridized carbons (Fsp3) is 0.286. The predicted molar refractivity (Wildman–Crippen MR) is 108 cm³/mol. The Morgan fingerprint density at radius 3 is 2.55 bits per heavy atom. The first-order valence-corrected chi connectivity index (χ1v) is 10.0. The molecule has 0 saturated carbocycles. The highest BCUT2D eigenvalue weighted by Gasteiger charge is 2.21. The summed E-state index contributed by atoms with van der Waals surface area (Å²) in [5, 5.41) is 3.57. The maximum Gasteiger partial charge on any atom is 0.217 e. The molecule has 29 heavy (non-hydrogen) atoms. The van der Waals surface area contributed by atoms with Crippen molar-refractivity contribution >= 4 is 17.7 Å². The van der Waals surface area contributed by atoms with Crippen molar-refractivity contribution in [3.63, 3.8) is 0 Å². The number of carbonyl (C=O) groups excluding carboxylic acids is 1. The summed E-state index contributed by atoms with van der Waals surface area (Å²) in [4.78, 5) is 20.8. The third-order valence-electron chi connectivity index (χ3n) is 4.18. The zero-order valence-corrected chi connectivity index (χ0v) is 17.3. The van der Waals surface area contributed by atoms with Crippen LogP contribution in [-0.2, 0) is 17.9 Å². The maximum absolute atomic E-state index is 13.7. The molecule has 1 N–H and O–H groups in total. The van der Waals surface area contributed by atoms with Crippen LogP contribution in [-0.4, -0.2) is 20.4 Å². The number of carbonyl (C=O) groups is 1. The minimum Gasteiger partial charge on any atom is -0.349 e. The standard InChI is InChI=1S/C21H22F2N4OS/c1-13(2)20-21(29-18-8-16(22)7-17(23)9-18)27(12-15-5-4-6-24-10-15)19(26-20)11-25-14(3)28/h4-10,13H,11-12H2,1-3H3,(H,25,28). The van der Waals surface area contributed by atoms with Crippen molar-refractivity contribution in [2.75, 3.05) is 0 Å². The van der Waals surface area contributed by atoms with Gasteiger partial charge in [0.25, 0.3) is 0 Å². The Morgan fingerprint density at radius 1 is 1.24 bits per heavy atom. The number of nitrogens with zero attached hydrogens (tertiary/aromatic N) is 3. The molecule has 0 aliphatic carbocycles. The molecule has 1 amide bonds. The summed E-state index contributed by atoms with van der Waals surface area (Å²) in [6.07, 6.45) is 3.45. The maximum atomic E-state index is 13.7. The van der Waals surface area contributed by atoms with Crippen molar-refractivity contribution in [1.82, 2.24) is 19.9 Å². The van der Waals surface area contributed by atoms with Crippen LogP contribution >= 0.6 is 11.8 Å². The van der Waals surface area contributed by atoms with E-state index in [2.05, 4.69) is 10.3 Å². The van der Waals surface area contributed by atoms with Gasteiger partial charge in [-0.05, 0) is 29.7 Å². The van der Waals surface area contributed by atoms with Crippen LogP contribution in [0.15, 0.2) is 52.6 Å². The molecule has 0 aliphatic heterocycles. The van der Waals surface area contributed by atoms with Crippen molar-refractivity contribution in [2.24, 2.45) is 0 Å². The van der Waals surface area contributed by atoms with Crippen LogP contribution in [0.3, 0.4) is 0 Å². The number of rotatable bonds is 7. The number of nitrogens with one attached hydrogen (secondary N) is 1. The van der Waals surface area contributed by atoms with Crippen LogP contribution in [0.25, 0.3) is 0 Å². The van der Waals surface area contributed by atoms with Crippen molar-refractivity contribution in [3.8, 4) is 0 Å². The van der Waals surface area contributed by atoms with Gasteiger partial charge in [-0.1, -0.05) is 31.7 Å². The molecule has 0 saturated heterocycles. The van der Waals surface area contributed by atoms with Crippen LogP contribution in [0.2, 0.25) is 0 Å². The van der Waals surface area contributed by atoms with Crippen LogP contribution in [0.5, 0.6) is 0 Å². The van der Waals surface area contributed by atoms with E-state index in [1.807, 2.05) is 30.5 Å². The second-order valence-electron chi connectivity index (χ2n) is 6.94. The lowest BCUT2D eigenvalue weighted by Gasteiger charge is -2.14. The molecule has 0 bridgehead atoms. The number of halogens is 2. The minimum absolute atomic E-state index is 0.0853. The lowest BCUT2D eigenvalue weighted by atomic mass is 10.1. The van der Waals surface area contributed by atoms with E-state index in [9.17, 15) is 13.6 Å². The first-order valence-electron chi connectivity index (χ1n) is 9.20. The largest absolute Gasteiger partial charge is 0.349 e. The van der Waals surface area contributed by atoms with E-state index in [1.165, 1.54) is 30.8 Å². The number of pyridine rings is 1. The van der Waals surface area contributed by atoms with Crippen molar-refractivity contribution < 1.29 is 13.6 Å². The second-order valence-corrected chi connectivity index (χ2v) is 8.00. The summed E-state index contributed by atoms with van der Waals surface area (Å²) >= 11 is 1.26. The molecule has 1 aromatic carbocycles. The summed E-state index contributed by atoms with van der Waals surface area (Å²) in [5.74, 6) is -0.659. The van der Waals surface area contributed by atoms with E-state index >= 15 is 0 Å². The Hall–Kier alpha value is -2.74. The Morgan fingerprint density at radius 2 is 1.97 bits per heavy atom. The van der Waals surface area contributed by atoms with Gasteiger partial charge in [0.2, 0.25) is 5.91 Å². The van der Waals surface area contributed by atoms with E-state index in [-0.39, 0.29) is 18.4 Å². The summed E-state index contributed by atoms with van der Waals surface area (Å²) in [6, 6.07) is 7.24. The van der Waals surface area contributed by atoms with E-state index in [4.69, 9.17) is 4.98 Å². The van der Waals surface area contributed by atoms with Gasteiger partial charge in [0, 0.05) is 30.3 Å². The second kappa shape index (κ2) is 9.17. The summed E-state index contributed by atoms with van der Waals surface area (Å²) in [6.45, 7) is 6.20. The van der Waals surface area contributed by atoms with Gasteiger partial charge in [-0.25, -0.2) is 13.8 Å².